The number of hydrogen-bond donors (Lipinski definition) is 0. The maximum Gasteiger partial charge on any atom is 0.416 e. The first-order valence-electron chi connectivity index (χ1n) is 6.64. The van der Waals surface area contributed by atoms with E-state index in [1.807, 2.05) is 0 Å². The highest BCUT2D eigenvalue weighted by atomic mass is 79.9. The number of carbonyl (C=O) groups is 1. The Kier molecular flexibility index (Phi) is 5.68. The van der Waals surface area contributed by atoms with Crippen LogP contribution in [0.1, 0.15) is 32.6 Å². The molecule has 0 radical (unpaired) electrons. The second-order valence-corrected chi connectivity index (χ2v) is 6.78. The molecule has 134 valence electrons. The average molecular weight is 490 g/mol. The second kappa shape index (κ2) is 7.11. The molecule has 2 aromatic carbocycles. The van der Waals surface area contributed by atoms with Crippen molar-refractivity contribution >= 4 is 38.1 Å². The molecule has 2 aromatic rings. The first kappa shape index (κ1) is 20.0. The molecule has 25 heavy (non-hydrogen) atoms. The van der Waals surface area contributed by atoms with Crippen LogP contribution in [0.25, 0.3) is 0 Å². The molecule has 0 spiro atoms. The summed E-state index contributed by atoms with van der Waals surface area (Å²) in [7, 11) is 0. The minimum absolute atomic E-state index is 0.0527. The Bertz CT molecular complexity index is 811. The van der Waals surface area contributed by atoms with E-state index in [-0.39, 0.29) is 33.9 Å². The average Bonchev–Trinajstić information content (AvgIpc) is 2.49. The van der Waals surface area contributed by atoms with Crippen LogP contribution >= 0.6 is 31.9 Å². The van der Waals surface area contributed by atoms with Gasteiger partial charge in [-0.3, -0.25) is 4.79 Å². The van der Waals surface area contributed by atoms with Gasteiger partial charge in [0.1, 0.15) is 0 Å². The Morgan fingerprint density at radius 1 is 0.840 bits per heavy atom. The summed E-state index contributed by atoms with van der Waals surface area (Å²) in [4.78, 5) is 11.0. The fraction of sp³-hybridized carbons (Fsp3) is 0.188. The Morgan fingerprint density at radius 3 is 1.92 bits per heavy atom. The SMILES string of the molecule is O=Cc1cc(C(F)(F)F)cc(Cc2cc(C(F)(F)F)ccc2Br)c1Br. The van der Waals surface area contributed by atoms with Crippen LogP contribution in [0.5, 0.6) is 0 Å². The van der Waals surface area contributed by atoms with Gasteiger partial charge in [0.25, 0.3) is 0 Å². The summed E-state index contributed by atoms with van der Waals surface area (Å²) in [5.74, 6) is 0. The standard InChI is InChI=1S/C16H8Br2F6O/c17-13-2-1-11(15(19,20)21)4-8(13)3-9-5-12(16(22,23)24)6-10(7-25)14(9)18/h1-2,4-7H,3H2. The van der Waals surface area contributed by atoms with Crippen molar-refractivity contribution in [2.75, 3.05) is 0 Å². The molecule has 0 aliphatic rings. The van der Waals surface area contributed by atoms with E-state index in [0.717, 1.165) is 18.2 Å². The maximum atomic E-state index is 13.0. The molecular weight excluding hydrogens is 482 g/mol. The number of rotatable bonds is 3. The summed E-state index contributed by atoms with van der Waals surface area (Å²) < 4.78 is 77.8. The number of carbonyl (C=O) groups excluding carboxylic acids is 1. The van der Waals surface area contributed by atoms with Gasteiger partial charge in [0.15, 0.2) is 6.29 Å². The molecule has 0 amide bonds. The highest BCUT2D eigenvalue weighted by molar-refractivity contribution is 9.10. The summed E-state index contributed by atoms with van der Waals surface area (Å²) in [5.41, 5.74) is -1.99. The minimum atomic E-state index is -4.68. The van der Waals surface area contributed by atoms with Gasteiger partial charge in [-0.15, -0.1) is 0 Å². The lowest BCUT2D eigenvalue weighted by atomic mass is 9.98. The number of aldehydes is 1. The maximum absolute atomic E-state index is 13.0. The molecule has 2 rings (SSSR count). The molecule has 0 aliphatic heterocycles. The van der Waals surface area contributed by atoms with Crippen LogP contribution in [0.2, 0.25) is 0 Å². The number of halogens is 8. The predicted molar refractivity (Wildman–Crippen MR) is 86.5 cm³/mol. The van der Waals surface area contributed by atoms with Crippen LogP contribution in [0.15, 0.2) is 39.3 Å². The summed E-state index contributed by atoms with van der Waals surface area (Å²) in [6.07, 6.45) is -9.23. The molecule has 0 aromatic heterocycles. The van der Waals surface area contributed by atoms with Crippen molar-refractivity contribution < 1.29 is 31.1 Å². The van der Waals surface area contributed by atoms with Crippen LogP contribution in [0.4, 0.5) is 26.3 Å². The fourth-order valence-corrected chi connectivity index (χ4v) is 3.03. The molecular formula is C16H8Br2F6O. The molecule has 0 N–H and O–H groups in total. The zero-order valence-electron chi connectivity index (χ0n) is 12.1. The van der Waals surface area contributed by atoms with Crippen LogP contribution in [-0.2, 0) is 18.8 Å². The molecule has 0 heterocycles. The van der Waals surface area contributed by atoms with E-state index >= 15 is 0 Å². The van der Waals surface area contributed by atoms with Crippen molar-refractivity contribution in [1.29, 1.82) is 0 Å². The van der Waals surface area contributed by atoms with Crippen molar-refractivity contribution in [2.45, 2.75) is 18.8 Å². The van der Waals surface area contributed by atoms with Gasteiger partial charge in [-0.25, -0.2) is 0 Å². The van der Waals surface area contributed by atoms with E-state index in [1.54, 1.807) is 0 Å². The molecule has 0 unspecified atom stereocenters. The van der Waals surface area contributed by atoms with Gasteiger partial charge in [0, 0.05) is 14.5 Å². The van der Waals surface area contributed by atoms with Crippen LogP contribution in [0.3, 0.4) is 0 Å². The summed E-state index contributed by atoms with van der Waals surface area (Å²) in [6, 6.07) is 4.40. The minimum Gasteiger partial charge on any atom is -0.298 e. The molecule has 0 atom stereocenters. The number of alkyl halides is 6. The molecule has 1 nitrogen and oxygen atoms in total. The first-order valence-corrected chi connectivity index (χ1v) is 8.22. The summed E-state index contributed by atoms with van der Waals surface area (Å²) in [6.45, 7) is 0. The van der Waals surface area contributed by atoms with Crippen molar-refractivity contribution in [3.05, 3.63) is 67.1 Å². The number of hydrogen-bond acceptors (Lipinski definition) is 1. The Balaban J connectivity index is 2.55. The van der Waals surface area contributed by atoms with E-state index in [1.165, 1.54) is 6.07 Å². The quantitative estimate of drug-likeness (QED) is 0.348. The van der Waals surface area contributed by atoms with Crippen molar-refractivity contribution in [2.24, 2.45) is 0 Å². The first-order chi connectivity index (χ1) is 11.4. The molecule has 0 bridgehead atoms. The van der Waals surface area contributed by atoms with Crippen molar-refractivity contribution in [3.63, 3.8) is 0 Å². The van der Waals surface area contributed by atoms with Crippen LogP contribution in [0, 0.1) is 0 Å². The second-order valence-electron chi connectivity index (χ2n) is 5.13. The zero-order valence-corrected chi connectivity index (χ0v) is 15.3. The molecule has 0 saturated heterocycles. The van der Waals surface area contributed by atoms with Gasteiger partial charge in [-0.05, 0) is 63.8 Å². The molecule has 9 heteroatoms. The highest BCUT2D eigenvalue weighted by Gasteiger charge is 2.33. The third-order valence-electron chi connectivity index (χ3n) is 3.38. The zero-order chi connectivity index (χ0) is 19.0. The Morgan fingerprint density at radius 2 is 1.40 bits per heavy atom. The lowest BCUT2D eigenvalue weighted by molar-refractivity contribution is -0.138. The highest BCUT2D eigenvalue weighted by Crippen LogP contribution is 2.36. The monoisotopic (exact) mass is 488 g/mol. The Labute approximate surface area is 155 Å². The molecule has 0 aliphatic carbocycles. The summed E-state index contributed by atoms with van der Waals surface area (Å²) in [5, 5.41) is 0. The van der Waals surface area contributed by atoms with Gasteiger partial charge in [0.2, 0.25) is 0 Å². The van der Waals surface area contributed by atoms with Gasteiger partial charge < -0.3 is 0 Å². The fourth-order valence-electron chi connectivity index (χ4n) is 2.18. The van der Waals surface area contributed by atoms with Gasteiger partial charge in [-0.1, -0.05) is 15.9 Å². The van der Waals surface area contributed by atoms with E-state index in [0.29, 0.717) is 10.5 Å². The van der Waals surface area contributed by atoms with Gasteiger partial charge >= 0.3 is 12.4 Å². The van der Waals surface area contributed by atoms with E-state index in [2.05, 4.69) is 31.9 Å². The molecule has 0 fully saturated rings. The van der Waals surface area contributed by atoms with E-state index < -0.39 is 23.5 Å². The van der Waals surface area contributed by atoms with Crippen LogP contribution in [-0.4, -0.2) is 6.29 Å². The van der Waals surface area contributed by atoms with Gasteiger partial charge in [-0.2, -0.15) is 26.3 Å². The smallest absolute Gasteiger partial charge is 0.298 e. The van der Waals surface area contributed by atoms with Crippen molar-refractivity contribution in [1.82, 2.24) is 0 Å². The summed E-state index contributed by atoms with van der Waals surface area (Å²) >= 11 is 6.14. The normalized spacial score (nSPS) is 12.3. The topological polar surface area (TPSA) is 17.1 Å². The Hall–Kier alpha value is -1.35. The third kappa shape index (κ3) is 4.63. The van der Waals surface area contributed by atoms with E-state index in [9.17, 15) is 31.1 Å². The van der Waals surface area contributed by atoms with Crippen molar-refractivity contribution in [3.8, 4) is 0 Å². The van der Waals surface area contributed by atoms with Gasteiger partial charge in [0.05, 0.1) is 11.1 Å². The number of benzene rings is 2. The molecule has 0 saturated carbocycles. The third-order valence-corrected chi connectivity index (χ3v) is 5.13. The predicted octanol–water partition coefficient (Wildman–Crippen LogP) is 6.65. The van der Waals surface area contributed by atoms with Crippen LogP contribution < -0.4 is 0 Å². The lowest BCUT2D eigenvalue weighted by Crippen LogP contribution is -2.09. The lowest BCUT2D eigenvalue weighted by Gasteiger charge is -2.15. The van der Waals surface area contributed by atoms with E-state index in [4.69, 9.17) is 0 Å². The largest absolute Gasteiger partial charge is 0.416 e.